The molecule has 0 radical (unpaired) electrons. The van der Waals surface area contributed by atoms with Crippen LogP contribution in [-0.4, -0.2) is 24.4 Å². The van der Waals surface area contributed by atoms with Crippen LogP contribution in [0.4, 0.5) is 0 Å². The summed E-state index contributed by atoms with van der Waals surface area (Å²) < 4.78 is 0. The molecule has 1 heterocycles. The fraction of sp³-hybridized carbons (Fsp3) is 0.818. The first-order valence-corrected chi connectivity index (χ1v) is 4.95. The predicted molar refractivity (Wildman–Crippen MR) is 55.9 cm³/mol. The molecule has 1 saturated heterocycles. The van der Waals surface area contributed by atoms with Gasteiger partial charge in [0.25, 0.3) is 0 Å². The first-order valence-electron chi connectivity index (χ1n) is 4.95. The fourth-order valence-electron chi connectivity index (χ4n) is 1.10. The third-order valence-electron chi connectivity index (χ3n) is 1.91. The van der Waals surface area contributed by atoms with Gasteiger partial charge in [-0.2, -0.15) is 27.2 Å². The molecule has 0 N–H and O–H groups in total. The number of hydrogen-bond acceptors (Lipinski definition) is 1. The molecule has 1 aliphatic heterocycles. The van der Waals surface area contributed by atoms with Crippen LogP contribution in [-0.2, 0) is 4.79 Å². The zero-order valence-electron chi connectivity index (χ0n) is 9.76. The average Bonchev–Trinajstić information content (AvgIpc) is 2.05. The van der Waals surface area contributed by atoms with Crippen LogP contribution in [0.1, 0.15) is 40.5 Å². The number of hydrogen-bond donors (Lipinski definition) is 0. The van der Waals surface area contributed by atoms with Gasteiger partial charge in [0.1, 0.15) is 0 Å². The van der Waals surface area contributed by atoms with E-state index in [1.807, 2.05) is 6.41 Å². The Kier molecular flexibility index (Phi) is 12.2. The van der Waals surface area contributed by atoms with Gasteiger partial charge in [-0.1, -0.05) is 6.92 Å². The zero-order chi connectivity index (χ0) is 10.3. The molecule has 1 fully saturated rings. The fourth-order valence-corrected chi connectivity index (χ4v) is 1.10. The summed E-state index contributed by atoms with van der Waals surface area (Å²) in [6, 6.07) is 0. The van der Waals surface area contributed by atoms with E-state index in [4.69, 9.17) is 0 Å². The van der Waals surface area contributed by atoms with Crippen LogP contribution in [0.2, 0.25) is 0 Å². The summed E-state index contributed by atoms with van der Waals surface area (Å²) in [4.78, 5) is 11.8. The van der Waals surface area contributed by atoms with Gasteiger partial charge in [-0.25, -0.2) is 0 Å². The van der Waals surface area contributed by atoms with Crippen molar-refractivity contribution in [1.82, 2.24) is 4.90 Å². The molecule has 1 aliphatic rings. The molecule has 1 rings (SSSR count). The molecular weight excluding hydrogens is 400 g/mol. The van der Waals surface area contributed by atoms with Crippen LogP contribution in [0.15, 0.2) is 0 Å². The maximum absolute atomic E-state index is 10.1. The molecule has 0 aliphatic carbocycles. The van der Waals surface area contributed by atoms with Crippen LogP contribution < -0.4 is 0 Å². The summed E-state index contributed by atoms with van der Waals surface area (Å²) in [6.45, 7) is 10.3. The summed E-state index contributed by atoms with van der Waals surface area (Å²) in [5, 5.41) is 0. The first kappa shape index (κ1) is 16.9. The van der Waals surface area contributed by atoms with Crippen molar-refractivity contribution >= 4 is 6.41 Å². The van der Waals surface area contributed by atoms with Crippen molar-refractivity contribution in [2.75, 3.05) is 13.1 Å². The van der Waals surface area contributed by atoms with E-state index in [-0.39, 0.29) is 31.1 Å². The Labute approximate surface area is 112 Å². The molecule has 2 nitrogen and oxygen atoms in total. The summed E-state index contributed by atoms with van der Waals surface area (Å²) in [5.74, 6) is 2.22. The van der Waals surface area contributed by atoms with E-state index in [9.17, 15) is 4.79 Å². The van der Waals surface area contributed by atoms with Gasteiger partial charge in [0, 0.05) is 0 Å². The number of rotatable bonds is 1. The predicted octanol–water partition coefficient (Wildman–Crippen LogP) is 2.41. The molecule has 1 amide bonds. The van der Waals surface area contributed by atoms with Crippen LogP contribution >= 0.6 is 0 Å². The molecule has 0 aromatic rings. The average molecular weight is 421 g/mol. The maximum atomic E-state index is 10.1. The second-order valence-corrected chi connectivity index (χ2v) is 4.26. The molecule has 0 saturated carbocycles. The third-order valence-corrected chi connectivity index (χ3v) is 1.91. The summed E-state index contributed by atoms with van der Waals surface area (Å²) in [5.41, 5.74) is 0. The van der Waals surface area contributed by atoms with E-state index in [0.29, 0.717) is 0 Å². The molecule has 80 valence electrons. The minimum Gasteiger partial charge on any atom is -0.520 e. The number of piperidine rings is 1. The van der Waals surface area contributed by atoms with Crippen molar-refractivity contribution in [1.29, 1.82) is 0 Å². The van der Waals surface area contributed by atoms with Crippen molar-refractivity contribution in [3.63, 3.8) is 0 Å². The smallest absolute Gasteiger partial charge is 0.520 e. The monoisotopic (exact) mass is 421 g/mol. The Morgan fingerprint density at radius 1 is 1.21 bits per heavy atom. The SMILES string of the molecule is CC1CCN([C-]=O)CC1.C[C-](C)C.[U+2]. The van der Waals surface area contributed by atoms with Gasteiger partial charge >= 0.3 is 31.1 Å². The van der Waals surface area contributed by atoms with Gasteiger partial charge in [-0.05, 0) is 31.8 Å². The van der Waals surface area contributed by atoms with Crippen molar-refractivity contribution in [3.8, 4) is 0 Å². The topological polar surface area (TPSA) is 20.3 Å². The number of carbonyl (C=O) groups excluding carboxylic acids is 1. The van der Waals surface area contributed by atoms with E-state index in [0.717, 1.165) is 31.8 Å². The van der Waals surface area contributed by atoms with Crippen molar-refractivity contribution in [2.45, 2.75) is 40.5 Å². The zero-order valence-corrected chi connectivity index (χ0v) is 13.9. The molecule has 0 atom stereocenters. The second-order valence-electron chi connectivity index (χ2n) is 4.26. The first-order chi connectivity index (χ1) is 6.06. The Bertz CT molecular complexity index is 128. The summed E-state index contributed by atoms with van der Waals surface area (Å²) in [7, 11) is 0. The van der Waals surface area contributed by atoms with E-state index >= 15 is 0 Å². The Balaban J connectivity index is 0. The van der Waals surface area contributed by atoms with Crippen molar-refractivity contribution < 1.29 is 35.9 Å². The van der Waals surface area contributed by atoms with E-state index in [1.54, 1.807) is 4.90 Å². The largest absolute Gasteiger partial charge is 2.00 e. The van der Waals surface area contributed by atoms with Crippen LogP contribution in [0.3, 0.4) is 0 Å². The van der Waals surface area contributed by atoms with Gasteiger partial charge in [-0.15, -0.1) is 0 Å². The standard InChI is InChI=1S/C7H12NO.C4H9.U/c1-7-2-4-8(6-9)5-3-7;1-4(2)3;/h7H,2-5H2,1H3;1-3H3;/q2*-1;+2. The molecule has 0 aromatic carbocycles. The van der Waals surface area contributed by atoms with Crippen molar-refractivity contribution in [3.05, 3.63) is 5.92 Å². The third kappa shape index (κ3) is 10.6. The maximum Gasteiger partial charge on any atom is 2.00 e. The molecular formula is C11H21NOU. The quantitative estimate of drug-likeness (QED) is 0.596. The Morgan fingerprint density at radius 3 is 1.86 bits per heavy atom. The molecule has 0 bridgehead atoms. The minimum absolute atomic E-state index is 0. The van der Waals surface area contributed by atoms with E-state index in [2.05, 4.69) is 27.7 Å². The minimum atomic E-state index is 0. The van der Waals surface area contributed by atoms with Gasteiger partial charge in [0.05, 0.1) is 0 Å². The molecule has 3 heteroatoms. The van der Waals surface area contributed by atoms with Crippen LogP contribution in [0, 0.1) is 42.9 Å². The Morgan fingerprint density at radius 2 is 1.57 bits per heavy atom. The van der Waals surface area contributed by atoms with E-state index < -0.39 is 0 Å². The normalized spacial score (nSPS) is 16.8. The molecule has 0 spiro atoms. The van der Waals surface area contributed by atoms with Crippen LogP contribution in [0.5, 0.6) is 0 Å². The number of nitrogens with zero attached hydrogens (tertiary/aromatic N) is 1. The van der Waals surface area contributed by atoms with Gasteiger partial charge in [0.15, 0.2) is 0 Å². The Hall–Kier alpha value is 0.522. The van der Waals surface area contributed by atoms with Gasteiger partial charge in [-0.3, -0.25) is 0 Å². The summed E-state index contributed by atoms with van der Waals surface area (Å²) in [6.07, 6.45) is 4.20. The van der Waals surface area contributed by atoms with Crippen molar-refractivity contribution in [2.24, 2.45) is 5.92 Å². The second kappa shape index (κ2) is 10.1. The van der Waals surface area contributed by atoms with Gasteiger partial charge < -0.3 is 15.6 Å². The molecule has 14 heavy (non-hydrogen) atoms. The van der Waals surface area contributed by atoms with Crippen LogP contribution in [0.25, 0.3) is 0 Å². The number of likely N-dealkylation sites (tertiary alicyclic amines) is 1. The summed E-state index contributed by atoms with van der Waals surface area (Å²) >= 11 is 0. The molecule has 0 aromatic heterocycles. The number of amides is 1. The van der Waals surface area contributed by atoms with Gasteiger partial charge in [0.2, 0.25) is 0 Å². The molecule has 0 unspecified atom stereocenters. The van der Waals surface area contributed by atoms with E-state index in [1.165, 1.54) is 5.92 Å².